The van der Waals surface area contributed by atoms with E-state index < -0.39 is 15.9 Å². The highest BCUT2D eigenvalue weighted by Gasteiger charge is 2.22. The molecule has 186 valence electrons. The van der Waals surface area contributed by atoms with Crippen molar-refractivity contribution >= 4 is 21.6 Å². The fraction of sp³-hybridized carbons (Fsp3) is 0.269. The number of methoxy groups -OCH3 is 2. The van der Waals surface area contributed by atoms with Gasteiger partial charge in [0.15, 0.2) is 11.5 Å². The average molecular weight is 499 g/mol. The standard InChI is InChI=1S/C26H30N2O6S/c1-19(21-10-15-24(32-2)25(16-21)33-3)27-26(29)17-28(35(4,30)31)22-11-13-23(14-12-22)34-18-20-8-6-5-7-9-20/h5-16,19H,17-18H2,1-4H3,(H,27,29)/t19-/m1/s1. The molecule has 0 bridgehead atoms. The number of rotatable bonds is 11. The summed E-state index contributed by atoms with van der Waals surface area (Å²) in [5, 5.41) is 2.84. The molecule has 1 N–H and O–H groups in total. The van der Waals surface area contributed by atoms with Crippen LogP contribution in [0.4, 0.5) is 5.69 Å². The van der Waals surface area contributed by atoms with Gasteiger partial charge in [0.1, 0.15) is 18.9 Å². The van der Waals surface area contributed by atoms with Gasteiger partial charge in [-0.25, -0.2) is 8.42 Å². The lowest BCUT2D eigenvalue weighted by atomic mass is 10.1. The van der Waals surface area contributed by atoms with Crippen molar-refractivity contribution in [1.29, 1.82) is 0 Å². The molecule has 3 aromatic carbocycles. The van der Waals surface area contributed by atoms with Crippen LogP contribution in [-0.4, -0.2) is 41.3 Å². The zero-order valence-electron chi connectivity index (χ0n) is 20.2. The van der Waals surface area contributed by atoms with Crippen LogP contribution < -0.4 is 23.8 Å². The van der Waals surface area contributed by atoms with Crippen LogP contribution in [0.3, 0.4) is 0 Å². The monoisotopic (exact) mass is 498 g/mol. The SMILES string of the molecule is COc1ccc([C@@H](C)NC(=O)CN(c2ccc(OCc3ccccc3)cc2)S(C)(=O)=O)cc1OC. The summed E-state index contributed by atoms with van der Waals surface area (Å²) >= 11 is 0. The van der Waals surface area contributed by atoms with Crippen LogP contribution in [0.2, 0.25) is 0 Å². The summed E-state index contributed by atoms with van der Waals surface area (Å²) in [5.74, 6) is 1.27. The Morgan fingerprint density at radius 2 is 1.60 bits per heavy atom. The van der Waals surface area contributed by atoms with Gasteiger partial charge in [-0.05, 0) is 54.4 Å². The second kappa shape index (κ2) is 11.6. The Morgan fingerprint density at radius 3 is 2.20 bits per heavy atom. The van der Waals surface area contributed by atoms with Crippen molar-refractivity contribution < 1.29 is 27.4 Å². The average Bonchev–Trinajstić information content (AvgIpc) is 2.86. The van der Waals surface area contributed by atoms with Crippen molar-refractivity contribution in [2.45, 2.75) is 19.6 Å². The van der Waals surface area contributed by atoms with E-state index in [0.29, 0.717) is 29.5 Å². The van der Waals surface area contributed by atoms with Gasteiger partial charge in [0.25, 0.3) is 0 Å². The molecule has 0 spiro atoms. The first kappa shape index (κ1) is 25.9. The van der Waals surface area contributed by atoms with Crippen molar-refractivity contribution in [3.05, 3.63) is 83.9 Å². The lowest BCUT2D eigenvalue weighted by molar-refractivity contribution is -0.120. The fourth-order valence-corrected chi connectivity index (χ4v) is 4.33. The van der Waals surface area contributed by atoms with Gasteiger partial charge in [-0.2, -0.15) is 0 Å². The van der Waals surface area contributed by atoms with Gasteiger partial charge in [-0.3, -0.25) is 9.10 Å². The maximum absolute atomic E-state index is 12.8. The summed E-state index contributed by atoms with van der Waals surface area (Å²) in [6, 6.07) is 21.3. The van der Waals surface area contributed by atoms with Gasteiger partial charge in [0, 0.05) is 0 Å². The molecule has 1 amide bonds. The van der Waals surface area contributed by atoms with Crippen LogP contribution >= 0.6 is 0 Å². The molecular weight excluding hydrogens is 468 g/mol. The minimum Gasteiger partial charge on any atom is -0.493 e. The predicted octanol–water partition coefficient (Wildman–Crippen LogP) is 3.93. The maximum atomic E-state index is 12.8. The van der Waals surface area contributed by atoms with E-state index in [1.807, 2.05) is 43.3 Å². The van der Waals surface area contributed by atoms with E-state index in [0.717, 1.165) is 21.7 Å². The first-order valence-corrected chi connectivity index (χ1v) is 12.8. The van der Waals surface area contributed by atoms with Gasteiger partial charge >= 0.3 is 0 Å². The first-order valence-electron chi connectivity index (χ1n) is 11.0. The Morgan fingerprint density at radius 1 is 0.943 bits per heavy atom. The second-order valence-electron chi connectivity index (χ2n) is 7.94. The highest BCUT2D eigenvalue weighted by Crippen LogP contribution is 2.30. The molecule has 1 atom stereocenters. The molecule has 0 aliphatic rings. The number of hydrogen-bond donors (Lipinski definition) is 1. The van der Waals surface area contributed by atoms with Crippen molar-refractivity contribution in [3.8, 4) is 17.2 Å². The number of carbonyl (C=O) groups is 1. The minimum atomic E-state index is -3.71. The van der Waals surface area contributed by atoms with Crippen LogP contribution in [0.25, 0.3) is 0 Å². The molecule has 9 heteroatoms. The van der Waals surface area contributed by atoms with Crippen LogP contribution in [0, 0.1) is 0 Å². The van der Waals surface area contributed by atoms with Crippen LogP contribution in [-0.2, 0) is 21.4 Å². The second-order valence-corrected chi connectivity index (χ2v) is 9.85. The molecule has 0 radical (unpaired) electrons. The van der Waals surface area contributed by atoms with Gasteiger partial charge < -0.3 is 19.5 Å². The highest BCUT2D eigenvalue weighted by molar-refractivity contribution is 7.92. The Balaban J connectivity index is 1.67. The summed E-state index contributed by atoms with van der Waals surface area (Å²) in [6.45, 7) is 1.84. The molecule has 3 rings (SSSR count). The number of sulfonamides is 1. The molecule has 35 heavy (non-hydrogen) atoms. The third kappa shape index (κ3) is 7.13. The zero-order chi connectivity index (χ0) is 25.4. The quantitative estimate of drug-likeness (QED) is 0.431. The Kier molecular flexibility index (Phi) is 8.59. The molecule has 3 aromatic rings. The van der Waals surface area contributed by atoms with Gasteiger partial charge in [0.2, 0.25) is 15.9 Å². The Labute approximate surface area is 206 Å². The van der Waals surface area contributed by atoms with E-state index in [1.165, 1.54) is 7.11 Å². The number of carbonyl (C=O) groups excluding carboxylic acids is 1. The number of nitrogens with one attached hydrogen (secondary N) is 1. The van der Waals surface area contributed by atoms with E-state index >= 15 is 0 Å². The van der Waals surface area contributed by atoms with Crippen LogP contribution in [0.1, 0.15) is 24.1 Å². The van der Waals surface area contributed by atoms with E-state index in [9.17, 15) is 13.2 Å². The highest BCUT2D eigenvalue weighted by atomic mass is 32.2. The van der Waals surface area contributed by atoms with E-state index in [1.54, 1.807) is 43.5 Å². The van der Waals surface area contributed by atoms with Crippen LogP contribution in [0.15, 0.2) is 72.8 Å². The molecule has 0 unspecified atom stereocenters. The molecule has 0 saturated heterocycles. The van der Waals surface area contributed by atoms with Crippen molar-refractivity contribution in [3.63, 3.8) is 0 Å². The topological polar surface area (TPSA) is 94.2 Å². The molecule has 0 aliphatic carbocycles. The smallest absolute Gasteiger partial charge is 0.241 e. The minimum absolute atomic E-state index is 0.360. The van der Waals surface area contributed by atoms with Gasteiger partial charge in [-0.15, -0.1) is 0 Å². The summed E-state index contributed by atoms with van der Waals surface area (Å²) in [5.41, 5.74) is 2.19. The summed E-state index contributed by atoms with van der Waals surface area (Å²) in [7, 11) is -0.625. The van der Waals surface area contributed by atoms with E-state index in [-0.39, 0.29) is 12.6 Å². The molecule has 0 aliphatic heterocycles. The summed E-state index contributed by atoms with van der Waals surface area (Å²) in [6.07, 6.45) is 1.07. The molecule has 0 saturated carbocycles. The van der Waals surface area contributed by atoms with Gasteiger partial charge in [-0.1, -0.05) is 36.4 Å². The Hall–Kier alpha value is -3.72. The van der Waals surface area contributed by atoms with Crippen molar-refractivity contribution in [1.82, 2.24) is 5.32 Å². The molecular formula is C26H30N2O6S. The number of amides is 1. The van der Waals surface area contributed by atoms with Crippen LogP contribution in [0.5, 0.6) is 17.2 Å². The van der Waals surface area contributed by atoms with Crippen molar-refractivity contribution in [2.75, 3.05) is 31.3 Å². The normalized spacial score (nSPS) is 11.9. The number of benzene rings is 3. The lowest BCUT2D eigenvalue weighted by Crippen LogP contribution is -2.41. The number of ether oxygens (including phenoxy) is 3. The largest absolute Gasteiger partial charge is 0.493 e. The molecule has 0 aromatic heterocycles. The molecule has 0 fully saturated rings. The first-order chi connectivity index (χ1) is 16.7. The number of anilines is 1. The number of nitrogens with zero attached hydrogens (tertiary/aromatic N) is 1. The third-order valence-corrected chi connectivity index (χ3v) is 6.49. The predicted molar refractivity (Wildman–Crippen MR) is 136 cm³/mol. The van der Waals surface area contributed by atoms with E-state index in [2.05, 4.69) is 5.32 Å². The zero-order valence-corrected chi connectivity index (χ0v) is 21.0. The number of hydrogen-bond acceptors (Lipinski definition) is 6. The van der Waals surface area contributed by atoms with Crippen molar-refractivity contribution in [2.24, 2.45) is 0 Å². The Bertz CT molecular complexity index is 1230. The maximum Gasteiger partial charge on any atom is 0.241 e. The van der Waals surface area contributed by atoms with Gasteiger partial charge in [0.05, 0.1) is 32.2 Å². The molecule has 0 heterocycles. The molecule has 8 nitrogen and oxygen atoms in total. The summed E-state index contributed by atoms with van der Waals surface area (Å²) < 4.78 is 42.3. The summed E-state index contributed by atoms with van der Waals surface area (Å²) in [4.78, 5) is 12.8. The fourth-order valence-electron chi connectivity index (χ4n) is 3.47. The van der Waals surface area contributed by atoms with E-state index in [4.69, 9.17) is 14.2 Å². The third-order valence-electron chi connectivity index (χ3n) is 5.35. The lowest BCUT2D eigenvalue weighted by Gasteiger charge is -2.23.